The molecule has 0 amide bonds. The molecule has 2 heteroatoms. The topological polar surface area (TPSA) is 3.24 Å². The molecule has 0 radical (unpaired) electrons. The number of allylic oxidation sites excluding steroid dienone is 3. The molecule has 1 nitrogen and oxygen atoms in total. The zero-order chi connectivity index (χ0) is 7.72. The van der Waals surface area contributed by atoms with Crippen LogP contribution in [0.1, 0.15) is 13.8 Å². The molecule has 0 aromatic heterocycles. The molecule has 0 N–H and O–H groups in total. The number of hydrogen-bond acceptors (Lipinski definition) is 1. The van der Waals surface area contributed by atoms with Crippen molar-refractivity contribution in [1.29, 1.82) is 0 Å². The predicted octanol–water partition coefficient (Wildman–Crippen LogP) is 2.50. The molecule has 0 bridgehead atoms. The van der Waals surface area contributed by atoms with Crippen LogP contribution < -0.4 is 0 Å². The Hall–Kier alpha value is -0.240. The van der Waals surface area contributed by atoms with Crippen LogP contribution in [-0.4, -0.2) is 18.5 Å². The SMILES string of the molecule is CC1=C(C)N(C)CC=C1Br. The lowest BCUT2D eigenvalue weighted by Gasteiger charge is -2.24. The summed E-state index contributed by atoms with van der Waals surface area (Å²) < 4.78 is 1.24. The van der Waals surface area contributed by atoms with Crippen molar-refractivity contribution in [1.82, 2.24) is 4.90 Å². The molecule has 1 aliphatic rings. The van der Waals surface area contributed by atoms with Crippen molar-refractivity contribution in [3.8, 4) is 0 Å². The zero-order valence-electron chi connectivity index (χ0n) is 6.61. The minimum atomic E-state index is 1.02. The lowest BCUT2D eigenvalue weighted by atomic mass is 10.1. The lowest BCUT2D eigenvalue weighted by molar-refractivity contribution is 0.454. The second-order valence-corrected chi connectivity index (χ2v) is 3.50. The second-order valence-electron chi connectivity index (χ2n) is 2.64. The van der Waals surface area contributed by atoms with E-state index in [0.29, 0.717) is 0 Å². The zero-order valence-corrected chi connectivity index (χ0v) is 8.20. The third kappa shape index (κ3) is 1.26. The van der Waals surface area contributed by atoms with E-state index in [1.54, 1.807) is 0 Å². The molecule has 0 aliphatic carbocycles. The largest absolute Gasteiger partial charge is 0.374 e. The number of nitrogens with zero attached hydrogens (tertiary/aromatic N) is 1. The van der Waals surface area contributed by atoms with Crippen LogP contribution in [0.4, 0.5) is 0 Å². The van der Waals surface area contributed by atoms with Gasteiger partial charge in [0.1, 0.15) is 0 Å². The fourth-order valence-corrected chi connectivity index (χ4v) is 1.40. The van der Waals surface area contributed by atoms with Crippen molar-refractivity contribution < 1.29 is 0 Å². The van der Waals surface area contributed by atoms with E-state index in [1.165, 1.54) is 15.8 Å². The molecule has 0 saturated carbocycles. The van der Waals surface area contributed by atoms with E-state index in [4.69, 9.17) is 0 Å². The Morgan fingerprint density at radius 1 is 1.50 bits per heavy atom. The van der Waals surface area contributed by atoms with Gasteiger partial charge in [-0.15, -0.1) is 0 Å². The summed E-state index contributed by atoms with van der Waals surface area (Å²) in [5.74, 6) is 0. The smallest absolute Gasteiger partial charge is 0.0367 e. The molecule has 0 aromatic carbocycles. The van der Waals surface area contributed by atoms with Gasteiger partial charge in [-0.25, -0.2) is 0 Å². The fourth-order valence-electron chi connectivity index (χ4n) is 0.966. The molecule has 0 atom stereocenters. The minimum Gasteiger partial charge on any atom is -0.374 e. The monoisotopic (exact) mass is 201 g/mol. The van der Waals surface area contributed by atoms with Crippen LogP contribution in [0, 0.1) is 0 Å². The number of likely N-dealkylation sites (N-methyl/N-ethyl adjacent to an activating group) is 1. The fraction of sp³-hybridized carbons (Fsp3) is 0.500. The third-order valence-electron chi connectivity index (χ3n) is 2.02. The highest BCUT2D eigenvalue weighted by molar-refractivity contribution is 9.12. The van der Waals surface area contributed by atoms with E-state index in [2.05, 4.69) is 47.8 Å². The quantitative estimate of drug-likeness (QED) is 0.583. The Bertz CT molecular complexity index is 203. The maximum atomic E-state index is 3.50. The molecular formula is C8H12BrN. The summed E-state index contributed by atoms with van der Waals surface area (Å²) >= 11 is 3.50. The van der Waals surface area contributed by atoms with Crippen LogP contribution in [0.25, 0.3) is 0 Å². The first-order valence-corrected chi connectivity index (χ1v) is 4.17. The van der Waals surface area contributed by atoms with Crippen molar-refractivity contribution in [3.63, 3.8) is 0 Å². The maximum Gasteiger partial charge on any atom is 0.0367 e. The van der Waals surface area contributed by atoms with Crippen LogP contribution >= 0.6 is 15.9 Å². The van der Waals surface area contributed by atoms with Gasteiger partial charge >= 0.3 is 0 Å². The van der Waals surface area contributed by atoms with E-state index in [1.807, 2.05) is 0 Å². The third-order valence-corrected chi connectivity index (χ3v) is 2.94. The molecular weight excluding hydrogens is 190 g/mol. The first-order valence-electron chi connectivity index (χ1n) is 3.37. The normalized spacial score (nSPS) is 19.6. The van der Waals surface area contributed by atoms with Gasteiger partial charge in [-0.2, -0.15) is 0 Å². The Morgan fingerprint density at radius 2 is 2.10 bits per heavy atom. The van der Waals surface area contributed by atoms with Crippen LogP contribution in [0.2, 0.25) is 0 Å². The van der Waals surface area contributed by atoms with Gasteiger partial charge in [-0.05, 0) is 19.4 Å². The average molecular weight is 202 g/mol. The van der Waals surface area contributed by atoms with Gasteiger partial charge < -0.3 is 4.90 Å². The number of halogens is 1. The van der Waals surface area contributed by atoms with Gasteiger partial charge in [-0.1, -0.05) is 22.0 Å². The van der Waals surface area contributed by atoms with Crippen LogP contribution in [-0.2, 0) is 0 Å². The predicted molar refractivity (Wildman–Crippen MR) is 48.0 cm³/mol. The van der Waals surface area contributed by atoms with E-state index in [-0.39, 0.29) is 0 Å². The molecule has 10 heavy (non-hydrogen) atoms. The molecule has 0 fully saturated rings. The standard InChI is InChI=1S/C8H12BrN/c1-6-7(2)10(3)5-4-8(6)9/h4H,5H2,1-3H3. The molecule has 1 heterocycles. The first-order chi connectivity index (χ1) is 4.63. The lowest BCUT2D eigenvalue weighted by Crippen LogP contribution is -2.20. The molecule has 0 aromatic rings. The van der Waals surface area contributed by atoms with Gasteiger partial charge in [0.2, 0.25) is 0 Å². The molecule has 0 unspecified atom stereocenters. The van der Waals surface area contributed by atoms with E-state index in [9.17, 15) is 0 Å². The summed E-state index contributed by atoms with van der Waals surface area (Å²) in [6.45, 7) is 5.29. The average Bonchev–Trinajstić information content (AvgIpc) is 1.93. The first kappa shape index (κ1) is 7.86. The Balaban J connectivity index is 2.94. The van der Waals surface area contributed by atoms with Gasteiger partial charge in [0.25, 0.3) is 0 Å². The highest BCUT2D eigenvalue weighted by Crippen LogP contribution is 2.25. The molecule has 0 spiro atoms. The van der Waals surface area contributed by atoms with Gasteiger partial charge in [0, 0.05) is 23.8 Å². The van der Waals surface area contributed by atoms with Gasteiger partial charge in [-0.3, -0.25) is 0 Å². The Labute approximate surface area is 70.5 Å². The van der Waals surface area contributed by atoms with Crippen LogP contribution in [0.15, 0.2) is 21.8 Å². The molecule has 0 saturated heterocycles. The number of rotatable bonds is 0. The second kappa shape index (κ2) is 2.79. The minimum absolute atomic E-state index is 1.02. The molecule has 1 rings (SSSR count). The number of hydrogen-bond donors (Lipinski definition) is 0. The summed E-state index contributed by atoms with van der Waals surface area (Å²) in [4.78, 5) is 2.24. The summed E-state index contributed by atoms with van der Waals surface area (Å²) in [7, 11) is 2.11. The van der Waals surface area contributed by atoms with Crippen LogP contribution in [0.5, 0.6) is 0 Å². The van der Waals surface area contributed by atoms with Crippen molar-refractivity contribution in [3.05, 3.63) is 21.8 Å². The maximum absolute atomic E-state index is 3.50. The highest BCUT2D eigenvalue weighted by Gasteiger charge is 2.09. The van der Waals surface area contributed by atoms with Gasteiger partial charge in [0.15, 0.2) is 0 Å². The summed E-state index contributed by atoms with van der Waals surface area (Å²) in [6.07, 6.45) is 2.18. The van der Waals surface area contributed by atoms with Crippen molar-refractivity contribution in [2.75, 3.05) is 13.6 Å². The van der Waals surface area contributed by atoms with Crippen molar-refractivity contribution in [2.24, 2.45) is 0 Å². The van der Waals surface area contributed by atoms with Crippen molar-refractivity contribution >= 4 is 15.9 Å². The van der Waals surface area contributed by atoms with E-state index >= 15 is 0 Å². The Kier molecular flexibility index (Phi) is 2.19. The molecule has 56 valence electrons. The summed E-state index contributed by atoms with van der Waals surface area (Å²) in [5.41, 5.74) is 2.70. The van der Waals surface area contributed by atoms with Crippen molar-refractivity contribution in [2.45, 2.75) is 13.8 Å². The summed E-state index contributed by atoms with van der Waals surface area (Å²) in [6, 6.07) is 0. The highest BCUT2D eigenvalue weighted by atomic mass is 79.9. The van der Waals surface area contributed by atoms with E-state index < -0.39 is 0 Å². The van der Waals surface area contributed by atoms with Crippen LogP contribution in [0.3, 0.4) is 0 Å². The summed E-state index contributed by atoms with van der Waals surface area (Å²) in [5, 5.41) is 0. The molecule has 1 aliphatic heterocycles. The van der Waals surface area contributed by atoms with E-state index in [0.717, 1.165) is 6.54 Å². The van der Waals surface area contributed by atoms with Gasteiger partial charge in [0.05, 0.1) is 0 Å². The Morgan fingerprint density at radius 3 is 2.60 bits per heavy atom.